The third-order valence-corrected chi connectivity index (χ3v) is 6.59. The first-order valence-electron chi connectivity index (χ1n) is 8.31. The van der Waals surface area contributed by atoms with Crippen LogP contribution in [0.15, 0.2) is 78.0 Å². The standard InChI is InChI=1S/C20H16ClFN2O3S/c21-18-6-2-1-5-17(18)20(25)24-13-19(14-4-3-11-23-12-14)28(26,27)16-9-7-15(22)8-10-16/h1-12,19H,13H2,(H,24,25). The molecule has 144 valence electrons. The fourth-order valence-electron chi connectivity index (χ4n) is 2.69. The summed E-state index contributed by atoms with van der Waals surface area (Å²) in [7, 11) is -3.91. The maximum absolute atomic E-state index is 13.2. The van der Waals surface area contributed by atoms with Crippen molar-refractivity contribution in [3.8, 4) is 0 Å². The highest BCUT2D eigenvalue weighted by Gasteiger charge is 2.30. The first-order chi connectivity index (χ1) is 13.4. The molecule has 0 aliphatic carbocycles. The Kier molecular flexibility index (Phi) is 6.06. The Morgan fingerprint density at radius 1 is 1.07 bits per heavy atom. The summed E-state index contributed by atoms with van der Waals surface area (Å²) in [5.41, 5.74) is 0.652. The third-order valence-electron chi connectivity index (χ3n) is 4.14. The fourth-order valence-corrected chi connectivity index (χ4v) is 4.55. The monoisotopic (exact) mass is 418 g/mol. The van der Waals surface area contributed by atoms with Gasteiger partial charge in [0.25, 0.3) is 5.91 Å². The first kappa shape index (κ1) is 20.0. The second kappa shape index (κ2) is 8.50. The van der Waals surface area contributed by atoms with E-state index in [1.807, 2.05) is 0 Å². The number of hydrogen-bond acceptors (Lipinski definition) is 4. The molecule has 3 aromatic rings. The van der Waals surface area contributed by atoms with Gasteiger partial charge in [-0.05, 0) is 48.0 Å². The fraction of sp³-hybridized carbons (Fsp3) is 0.100. The summed E-state index contributed by atoms with van der Waals surface area (Å²) in [5, 5.41) is 1.79. The average Bonchev–Trinajstić information content (AvgIpc) is 2.69. The lowest BCUT2D eigenvalue weighted by atomic mass is 10.2. The van der Waals surface area contributed by atoms with E-state index >= 15 is 0 Å². The van der Waals surface area contributed by atoms with Gasteiger partial charge < -0.3 is 5.32 Å². The minimum atomic E-state index is -3.91. The normalized spacial score (nSPS) is 12.4. The van der Waals surface area contributed by atoms with Crippen molar-refractivity contribution in [3.05, 3.63) is 95.0 Å². The molecule has 0 fully saturated rings. The summed E-state index contributed by atoms with van der Waals surface area (Å²) in [6.07, 6.45) is 2.95. The molecule has 28 heavy (non-hydrogen) atoms. The molecule has 0 bridgehead atoms. The summed E-state index contributed by atoms with van der Waals surface area (Å²) >= 11 is 6.03. The maximum atomic E-state index is 13.2. The molecular weight excluding hydrogens is 403 g/mol. The van der Waals surface area contributed by atoms with Crippen molar-refractivity contribution in [2.75, 3.05) is 6.54 Å². The van der Waals surface area contributed by atoms with Crippen molar-refractivity contribution >= 4 is 27.3 Å². The number of nitrogens with one attached hydrogen (secondary N) is 1. The lowest BCUT2D eigenvalue weighted by Crippen LogP contribution is -2.32. The van der Waals surface area contributed by atoms with Gasteiger partial charge >= 0.3 is 0 Å². The number of aromatic nitrogens is 1. The van der Waals surface area contributed by atoms with Crippen LogP contribution in [-0.2, 0) is 9.84 Å². The van der Waals surface area contributed by atoms with Crippen molar-refractivity contribution in [3.63, 3.8) is 0 Å². The van der Waals surface area contributed by atoms with E-state index in [1.54, 1.807) is 36.4 Å². The van der Waals surface area contributed by atoms with Gasteiger partial charge in [-0.2, -0.15) is 0 Å². The number of sulfone groups is 1. The number of halogens is 2. The number of carbonyl (C=O) groups is 1. The molecule has 8 heteroatoms. The van der Waals surface area contributed by atoms with E-state index in [0.717, 1.165) is 12.1 Å². The minimum absolute atomic E-state index is 0.0465. The third kappa shape index (κ3) is 4.37. The van der Waals surface area contributed by atoms with Gasteiger partial charge in [-0.25, -0.2) is 12.8 Å². The molecule has 0 saturated heterocycles. The molecular formula is C20H16ClFN2O3S. The number of hydrogen-bond donors (Lipinski definition) is 1. The Morgan fingerprint density at radius 2 is 1.79 bits per heavy atom. The van der Waals surface area contributed by atoms with E-state index < -0.39 is 26.8 Å². The van der Waals surface area contributed by atoms with Gasteiger partial charge in [0.2, 0.25) is 0 Å². The van der Waals surface area contributed by atoms with Crippen LogP contribution < -0.4 is 5.32 Å². The van der Waals surface area contributed by atoms with Crippen LogP contribution in [0.1, 0.15) is 21.2 Å². The number of amides is 1. The number of rotatable bonds is 6. The molecule has 1 aromatic heterocycles. The lowest BCUT2D eigenvalue weighted by molar-refractivity contribution is 0.0954. The second-order valence-electron chi connectivity index (χ2n) is 5.96. The molecule has 1 unspecified atom stereocenters. The molecule has 5 nitrogen and oxygen atoms in total. The number of nitrogens with zero attached hydrogens (tertiary/aromatic N) is 1. The molecule has 0 radical (unpaired) electrons. The van der Waals surface area contributed by atoms with Crippen LogP contribution in [-0.4, -0.2) is 25.9 Å². The van der Waals surface area contributed by atoms with Gasteiger partial charge in [0, 0.05) is 18.9 Å². The van der Waals surface area contributed by atoms with Gasteiger partial charge in [0.15, 0.2) is 9.84 Å². The van der Waals surface area contributed by atoms with E-state index in [0.29, 0.717) is 5.56 Å². The molecule has 1 N–H and O–H groups in total. The Hall–Kier alpha value is -2.77. The van der Waals surface area contributed by atoms with E-state index in [1.165, 1.54) is 24.5 Å². The summed E-state index contributed by atoms with van der Waals surface area (Å²) in [6.45, 7) is -0.199. The van der Waals surface area contributed by atoms with E-state index in [2.05, 4.69) is 10.3 Å². The van der Waals surface area contributed by atoms with Crippen molar-refractivity contribution < 1.29 is 17.6 Å². The highest BCUT2D eigenvalue weighted by molar-refractivity contribution is 7.91. The Bertz CT molecular complexity index is 1070. The summed E-state index contributed by atoms with van der Waals surface area (Å²) in [4.78, 5) is 16.4. The van der Waals surface area contributed by atoms with Crippen LogP contribution >= 0.6 is 11.6 Å². The van der Waals surface area contributed by atoms with Gasteiger partial charge in [0.05, 0.1) is 15.5 Å². The Labute approximate surface area is 167 Å². The lowest BCUT2D eigenvalue weighted by Gasteiger charge is -2.19. The largest absolute Gasteiger partial charge is 0.350 e. The topological polar surface area (TPSA) is 76.1 Å². The summed E-state index contributed by atoms with van der Waals surface area (Å²) < 4.78 is 39.5. The van der Waals surface area contributed by atoms with Crippen molar-refractivity contribution in [2.24, 2.45) is 0 Å². The number of carbonyl (C=O) groups excluding carboxylic acids is 1. The van der Waals surface area contributed by atoms with E-state index in [9.17, 15) is 17.6 Å². The highest BCUT2D eigenvalue weighted by Crippen LogP contribution is 2.28. The van der Waals surface area contributed by atoms with Crippen LogP contribution in [0.25, 0.3) is 0 Å². The van der Waals surface area contributed by atoms with Gasteiger partial charge in [-0.3, -0.25) is 9.78 Å². The number of pyridine rings is 1. The zero-order valence-corrected chi connectivity index (χ0v) is 16.1. The van der Waals surface area contributed by atoms with Crippen LogP contribution in [0.2, 0.25) is 5.02 Å². The van der Waals surface area contributed by atoms with Gasteiger partial charge in [-0.15, -0.1) is 0 Å². The minimum Gasteiger partial charge on any atom is -0.350 e. The zero-order chi connectivity index (χ0) is 20.1. The maximum Gasteiger partial charge on any atom is 0.252 e. The van der Waals surface area contributed by atoms with Crippen LogP contribution in [0.5, 0.6) is 0 Å². The molecule has 0 spiro atoms. The molecule has 1 atom stereocenters. The van der Waals surface area contributed by atoms with Crippen molar-refractivity contribution in [1.82, 2.24) is 10.3 Å². The zero-order valence-electron chi connectivity index (χ0n) is 14.5. The van der Waals surface area contributed by atoms with E-state index in [-0.39, 0.29) is 22.0 Å². The molecule has 1 heterocycles. The van der Waals surface area contributed by atoms with Crippen LogP contribution in [0.3, 0.4) is 0 Å². The van der Waals surface area contributed by atoms with Crippen LogP contribution in [0, 0.1) is 5.82 Å². The summed E-state index contributed by atoms with van der Waals surface area (Å²) in [5.74, 6) is -1.03. The van der Waals surface area contributed by atoms with Gasteiger partial charge in [0.1, 0.15) is 11.1 Å². The predicted molar refractivity (Wildman–Crippen MR) is 104 cm³/mol. The SMILES string of the molecule is O=C(NCC(c1cccnc1)S(=O)(=O)c1ccc(F)cc1)c1ccccc1Cl. The summed E-state index contributed by atoms with van der Waals surface area (Å²) in [6, 6.07) is 14.2. The van der Waals surface area contributed by atoms with Crippen molar-refractivity contribution in [1.29, 1.82) is 0 Å². The Morgan fingerprint density at radius 3 is 2.43 bits per heavy atom. The molecule has 0 saturated carbocycles. The second-order valence-corrected chi connectivity index (χ2v) is 8.50. The Balaban J connectivity index is 1.91. The van der Waals surface area contributed by atoms with Crippen LogP contribution in [0.4, 0.5) is 4.39 Å². The smallest absolute Gasteiger partial charge is 0.252 e. The molecule has 1 amide bonds. The molecule has 2 aromatic carbocycles. The van der Waals surface area contributed by atoms with E-state index in [4.69, 9.17) is 11.6 Å². The van der Waals surface area contributed by atoms with Gasteiger partial charge in [-0.1, -0.05) is 29.8 Å². The number of benzene rings is 2. The predicted octanol–water partition coefficient (Wildman–Crippen LogP) is 3.82. The van der Waals surface area contributed by atoms with Crippen molar-refractivity contribution in [2.45, 2.75) is 10.1 Å². The molecule has 0 aliphatic rings. The highest BCUT2D eigenvalue weighted by atomic mass is 35.5. The first-order valence-corrected chi connectivity index (χ1v) is 10.2. The quantitative estimate of drug-likeness (QED) is 0.617. The molecule has 3 rings (SSSR count). The molecule has 0 aliphatic heterocycles. The average molecular weight is 419 g/mol.